The molecule has 0 radical (unpaired) electrons. The van der Waals surface area contributed by atoms with Gasteiger partial charge in [0.15, 0.2) is 0 Å². The molecule has 0 aromatic carbocycles. The van der Waals surface area contributed by atoms with Crippen molar-refractivity contribution in [2.24, 2.45) is 56.7 Å². The smallest absolute Gasteiger partial charge is 0.310 e. The van der Waals surface area contributed by atoms with Gasteiger partial charge in [-0.25, -0.2) is 8.78 Å². The Morgan fingerprint density at radius 1 is 0.971 bits per heavy atom. The summed E-state index contributed by atoms with van der Waals surface area (Å²) >= 11 is 0. The Labute approximate surface area is 210 Å². The maximum absolute atomic E-state index is 16.8. The van der Waals surface area contributed by atoms with Crippen molar-refractivity contribution in [3.8, 4) is 0 Å². The van der Waals surface area contributed by atoms with Gasteiger partial charge in [0.2, 0.25) is 0 Å². The number of fused-ring (bicyclic) bond motifs is 7. The van der Waals surface area contributed by atoms with Gasteiger partial charge in [0.1, 0.15) is 0 Å². The Morgan fingerprint density at radius 2 is 1.63 bits per heavy atom. The summed E-state index contributed by atoms with van der Waals surface area (Å²) in [5, 5.41) is 21.3. The normalized spacial score (nSPS) is 54.4. The fourth-order valence-electron chi connectivity index (χ4n) is 10.7. The Kier molecular flexibility index (Phi) is 5.37. The van der Waals surface area contributed by atoms with Crippen molar-refractivity contribution in [1.29, 1.82) is 0 Å². The summed E-state index contributed by atoms with van der Waals surface area (Å²) in [7, 11) is 0. The maximum atomic E-state index is 16.8. The molecule has 0 amide bonds. The van der Waals surface area contributed by atoms with Crippen molar-refractivity contribution >= 4 is 5.97 Å². The molecular formula is C30H46F2O3. The number of hydrogen-bond acceptors (Lipinski definition) is 2. The molecule has 0 aromatic rings. The predicted octanol–water partition coefficient (Wildman–Crippen LogP) is 7.33. The summed E-state index contributed by atoms with van der Waals surface area (Å²) in [6, 6.07) is 0. The van der Waals surface area contributed by atoms with E-state index in [1.165, 1.54) is 0 Å². The van der Waals surface area contributed by atoms with E-state index in [0.717, 1.165) is 18.4 Å². The van der Waals surface area contributed by atoms with Crippen molar-refractivity contribution in [3.05, 3.63) is 11.6 Å². The number of halogens is 2. The maximum Gasteiger partial charge on any atom is 0.310 e. The fraction of sp³-hybridized carbons (Fsp3) is 0.900. The largest absolute Gasteiger partial charge is 0.481 e. The Hall–Kier alpha value is -0.970. The monoisotopic (exact) mass is 492 g/mol. The van der Waals surface area contributed by atoms with E-state index < -0.39 is 39.7 Å². The molecule has 5 aliphatic carbocycles. The minimum absolute atomic E-state index is 0.162. The fourth-order valence-corrected chi connectivity index (χ4v) is 10.7. The number of carbonyl (C=O) groups is 1. The first-order chi connectivity index (χ1) is 16.0. The third kappa shape index (κ3) is 2.83. The number of aliphatic hydroxyl groups is 1. The molecule has 4 fully saturated rings. The van der Waals surface area contributed by atoms with Gasteiger partial charge in [-0.2, -0.15) is 0 Å². The highest BCUT2D eigenvalue weighted by atomic mass is 19.3. The molecule has 35 heavy (non-hydrogen) atoms. The summed E-state index contributed by atoms with van der Waals surface area (Å²) in [6.07, 6.45) is 6.05. The van der Waals surface area contributed by atoms with Gasteiger partial charge in [-0.3, -0.25) is 4.79 Å². The van der Waals surface area contributed by atoms with Crippen LogP contribution in [0.1, 0.15) is 99.8 Å². The van der Waals surface area contributed by atoms with E-state index in [0.29, 0.717) is 38.0 Å². The number of allylic oxidation sites excluding steroid dienone is 2. The highest BCUT2D eigenvalue weighted by Gasteiger charge is 2.77. The quantitative estimate of drug-likeness (QED) is 0.377. The zero-order valence-electron chi connectivity index (χ0n) is 22.8. The van der Waals surface area contributed by atoms with Gasteiger partial charge >= 0.3 is 5.97 Å². The van der Waals surface area contributed by atoms with Crippen LogP contribution in [0.2, 0.25) is 0 Å². The van der Waals surface area contributed by atoms with Crippen molar-refractivity contribution in [3.63, 3.8) is 0 Å². The first-order valence-corrected chi connectivity index (χ1v) is 14.0. The molecule has 0 spiro atoms. The average molecular weight is 493 g/mol. The molecule has 0 saturated heterocycles. The highest BCUT2D eigenvalue weighted by Crippen LogP contribution is 2.78. The number of aliphatic carboxylic acids is 1. The number of carboxylic acid groups (broad SMARTS) is 1. The standard InChI is InChI=1S/C30H46F2O3/c1-17-10-13-29(24(34)35)15-14-27(6)19(23(29)18(17)2)8-9-20-26(5)12-11-22(33)25(3,4)21(26)16-30(31,32)28(20,27)7/h8,17-18,20-23,33H,9-16H2,1-7H3,(H,34,35). The van der Waals surface area contributed by atoms with E-state index >= 15 is 8.78 Å². The third-order valence-electron chi connectivity index (χ3n) is 13.5. The Bertz CT molecular complexity index is 957. The second-order valence-electron chi connectivity index (χ2n) is 14.6. The van der Waals surface area contributed by atoms with Gasteiger partial charge in [-0.15, -0.1) is 0 Å². The van der Waals surface area contributed by atoms with E-state index in [1.807, 2.05) is 20.8 Å². The number of aliphatic hydroxyl groups excluding tert-OH is 1. The van der Waals surface area contributed by atoms with Crippen molar-refractivity contribution in [1.82, 2.24) is 0 Å². The van der Waals surface area contributed by atoms with E-state index in [4.69, 9.17) is 0 Å². The average Bonchev–Trinajstić information content (AvgIpc) is 2.77. The summed E-state index contributed by atoms with van der Waals surface area (Å²) in [4.78, 5) is 12.8. The molecule has 10 unspecified atom stereocenters. The molecule has 4 saturated carbocycles. The molecule has 5 heteroatoms. The van der Waals surface area contributed by atoms with Crippen LogP contribution < -0.4 is 0 Å². The van der Waals surface area contributed by atoms with Crippen molar-refractivity contribution in [2.45, 2.75) is 112 Å². The van der Waals surface area contributed by atoms with Crippen molar-refractivity contribution < 1.29 is 23.8 Å². The molecule has 0 aliphatic heterocycles. The molecular weight excluding hydrogens is 446 g/mol. The molecule has 3 nitrogen and oxygen atoms in total. The van der Waals surface area contributed by atoms with Gasteiger partial charge in [-0.05, 0) is 85.4 Å². The lowest BCUT2D eigenvalue weighted by molar-refractivity contribution is -0.303. The lowest BCUT2D eigenvalue weighted by Crippen LogP contribution is -2.71. The minimum atomic E-state index is -2.89. The summed E-state index contributed by atoms with van der Waals surface area (Å²) in [6.45, 7) is 14.5. The lowest BCUT2D eigenvalue weighted by atomic mass is 9.32. The van der Waals surface area contributed by atoms with Crippen LogP contribution in [0.3, 0.4) is 0 Å². The third-order valence-corrected chi connectivity index (χ3v) is 13.5. The molecule has 5 rings (SSSR count). The van der Waals surface area contributed by atoms with Gasteiger partial charge in [0.05, 0.1) is 11.5 Å². The van der Waals surface area contributed by atoms with Crippen LogP contribution in [0, 0.1) is 56.7 Å². The molecule has 198 valence electrons. The molecule has 0 heterocycles. The number of carboxylic acids is 1. The van der Waals surface area contributed by atoms with Crippen LogP contribution in [0.5, 0.6) is 0 Å². The van der Waals surface area contributed by atoms with Gasteiger partial charge in [0, 0.05) is 17.3 Å². The summed E-state index contributed by atoms with van der Waals surface area (Å²) in [5.74, 6) is -3.70. The van der Waals surface area contributed by atoms with Crippen molar-refractivity contribution in [2.75, 3.05) is 0 Å². The van der Waals surface area contributed by atoms with Gasteiger partial charge in [-0.1, -0.05) is 60.1 Å². The van der Waals surface area contributed by atoms with Crippen LogP contribution in [-0.2, 0) is 4.79 Å². The Morgan fingerprint density at radius 3 is 2.26 bits per heavy atom. The minimum Gasteiger partial charge on any atom is -0.481 e. The second kappa shape index (κ2) is 7.32. The van der Waals surface area contributed by atoms with Crippen LogP contribution in [-0.4, -0.2) is 28.2 Å². The first kappa shape index (κ1) is 25.7. The first-order valence-electron chi connectivity index (χ1n) is 14.0. The molecule has 10 atom stereocenters. The number of rotatable bonds is 1. The SMILES string of the molecule is CC1CCC2(C(=O)O)CCC3(C)C(=CCC4C5(C)CCC(O)C(C)(C)C5CC(F)(F)C43C)C2C1C. The zero-order valence-corrected chi connectivity index (χ0v) is 22.8. The zero-order chi connectivity index (χ0) is 26.0. The van der Waals surface area contributed by atoms with Crippen LogP contribution in [0.4, 0.5) is 8.78 Å². The van der Waals surface area contributed by atoms with Crippen LogP contribution in [0.15, 0.2) is 11.6 Å². The molecule has 0 bridgehead atoms. The molecule has 0 aromatic heterocycles. The lowest BCUT2D eigenvalue weighted by Gasteiger charge is -2.72. The number of hydrogen-bond donors (Lipinski definition) is 2. The molecule has 2 N–H and O–H groups in total. The predicted molar refractivity (Wildman–Crippen MR) is 133 cm³/mol. The van der Waals surface area contributed by atoms with Crippen LogP contribution >= 0.6 is 0 Å². The van der Waals surface area contributed by atoms with Crippen LogP contribution in [0.25, 0.3) is 0 Å². The van der Waals surface area contributed by atoms with E-state index in [9.17, 15) is 15.0 Å². The number of alkyl halides is 2. The van der Waals surface area contributed by atoms with Gasteiger partial charge in [0.25, 0.3) is 5.92 Å². The van der Waals surface area contributed by atoms with E-state index in [2.05, 4.69) is 33.8 Å². The molecule has 5 aliphatic rings. The summed E-state index contributed by atoms with van der Waals surface area (Å²) < 4.78 is 33.6. The van der Waals surface area contributed by atoms with Gasteiger partial charge < -0.3 is 10.2 Å². The van der Waals surface area contributed by atoms with E-state index in [-0.39, 0.29) is 35.5 Å². The second-order valence-corrected chi connectivity index (χ2v) is 14.6. The highest BCUT2D eigenvalue weighted by molar-refractivity contribution is 5.76. The topological polar surface area (TPSA) is 57.5 Å². The summed E-state index contributed by atoms with van der Waals surface area (Å²) in [5.41, 5.74) is -2.60. The van der Waals surface area contributed by atoms with E-state index in [1.54, 1.807) is 0 Å². The Balaban J connectivity index is 1.69.